The highest BCUT2D eigenvalue weighted by molar-refractivity contribution is 7.99. The lowest BCUT2D eigenvalue weighted by molar-refractivity contribution is -0.138. The minimum absolute atomic E-state index is 0.429. The van der Waals surface area contributed by atoms with Crippen molar-refractivity contribution in [3.8, 4) is 0 Å². The van der Waals surface area contributed by atoms with Crippen molar-refractivity contribution >= 4 is 17.7 Å². The Balaban J connectivity index is 2.30. The van der Waals surface area contributed by atoms with Gasteiger partial charge in [0.15, 0.2) is 0 Å². The molecule has 2 rings (SSSR count). The average Bonchev–Trinajstić information content (AvgIpc) is 2.51. The molecule has 1 N–H and O–H groups in total. The molecule has 0 radical (unpaired) electrons. The molecule has 86 valence electrons. The maximum Gasteiger partial charge on any atom is 0.313 e. The number of carboxylic acid groups (broad SMARTS) is 1. The number of carboxylic acids is 1. The predicted molar refractivity (Wildman–Crippen MR) is 62.8 cm³/mol. The molecule has 1 aliphatic rings. The first kappa shape index (κ1) is 11.4. The van der Waals surface area contributed by atoms with Crippen LogP contribution in [0.2, 0.25) is 0 Å². The molecule has 1 aliphatic heterocycles. The summed E-state index contributed by atoms with van der Waals surface area (Å²) in [6.45, 7) is 1.62. The molecule has 0 amide bonds. The van der Waals surface area contributed by atoms with E-state index in [1.807, 2.05) is 11.8 Å². The van der Waals surface area contributed by atoms with Crippen molar-refractivity contribution in [2.75, 3.05) is 11.5 Å². The van der Waals surface area contributed by atoms with Gasteiger partial charge in [-0.05, 0) is 36.8 Å². The lowest BCUT2D eigenvalue weighted by Gasteiger charge is -2.09. The van der Waals surface area contributed by atoms with Gasteiger partial charge in [0.1, 0.15) is 11.7 Å². The number of aliphatic carboxylic acids is 1. The van der Waals surface area contributed by atoms with Crippen LogP contribution in [0, 0.1) is 0 Å². The molecule has 4 nitrogen and oxygen atoms in total. The number of carbonyl (C=O) groups is 1. The third-order valence-electron chi connectivity index (χ3n) is 2.73. The van der Waals surface area contributed by atoms with E-state index in [2.05, 4.69) is 9.97 Å². The van der Waals surface area contributed by atoms with E-state index in [9.17, 15) is 4.79 Å². The molecule has 5 heteroatoms. The summed E-state index contributed by atoms with van der Waals surface area (Å²) in [6.07, 6.45) is 3.70. The summed E-state index contributed by atoms with van der Waals surface area (Å²) >= 11 is 1.91. The van der Waals surface area contributed by atoms with Gasteiger partial charge in [0, 0.05) is 11.9 Å². The summed E-state index contributed by atoms with van der Waals surface area (Å²) in [4.78, 5) is 19.4. The molecule has 0 bridgehead atoms. The molecular formula is C11H14N2O2S. The van der Waals surface area contributed by atoms with Crippen molar-refractivity contribution in [3.63, 3.8) is 0 Å². The third-order valence-corrected chi connectivity index (χ3v) is 3.72. The van der Waals surface area contributed by atoms with Gasteiger partial charge in [0.05, 0.1) is 0 Å². The Morgan fingerprint density at radius 3 is 3.00 bits per heavy atom. The number of aryl methyl sites for hydroxylation is 2. The Morgan fingerprint density at radius 2 is 2.25 bits per heavy atom. The van der Waals surface area contributed by atoms with Crippen LogP contribution in [0.3, 0.4) is 0 Å². The Hall–Kier alpha value is -1.10. The van der Waals surface area contributed by atoms with Gasteiger partial charge in [-0.2, -0.15) is 11.8 Å². The Morgan fingerprint density at radius 1 is 1.50 bits per heavy atom. The van der Waals surface area contributed by atoms with Crippen LogP contribution in [-0.4, -0.2) is 32.5 Å². The largest absolute Gasteiger partial charge is 0.481 e. The molecule has 0 aromatic carbocycles. The Bertz CT molecular complexity index is 409. The second kappa shape index (κ2) is 4.82. The van der Waals surface area contributed by atoms with Crippen LogP contribution in [0.25, 0.3) is 0 Å². The summed E-state index contributed by atoms with van der Waals surface area (Å²) in [6, 6.07) is 0. The number of thioether (sulfide) groups is 1. The SMILES string of the molecule is CC(C(=O)O)c1ncc2c(n1)CCSCC2. The molecule has 1 atom stereocenters. The van der Waals surface area contributed by atoms with Crippen molar-refractivity contribution in [1.29, 1.82) is 0 Å². The maximum atomic E-state index is 10.9. The zero-order valence-electron chi connectivity index (χ0n) is 9.14. The second-order valence-electron chi connectivity index (χ2n) is 3.87. The maximum absolute atomic E-state index is 10.9. The van der Waals surface area contributed by atoms with Crippen LogP contribution in [0.15, 0.2) is 6.20 Å². The Labute approximate surface area is 98.5 Å². The number of aromatic nitrogens is 2. The summed E-state index contributed by atoms with van der Waals surface area (Å²) in [5, 5.41) is 8.91. The molecule has 0 fully saturated rings. The van der Waals surface area contributed by atoms with Gasteiger partial charge in [-0.15, -0.1) is 0 Å². The van der Waals surface area contributed by atoms with Crippen LogP contribution in [0.1, 0.15) is 29.9 Å². The number of hydrogen-bond donors (Lipinski definition) is 1. The van der Waals surface area contributed by atoms with Crippen molar-refractivity contribution in [1.82, 2.24) is 9.97 Å². The fraction of sp³-hybridized carbons (Fsp3) is 0.545. The lowest BCUT2D eigenvalue weighted by Crippen LogP contribution is -2.13. The van der Waals surface area contributed by atoms with E-state index in [4.69, 9.17) is 5.11 Å². The summed E-state index contributed by atoms with van der Waals surface area (Å²) in [5.41, 5.74) is 2.20. The highest BCUT2D eigenvalue weighted by atomic mass is 32.2. The first-order chi connectivity index (χ1) is 7.68. The number of rotatable bonds is 2. The summed E-state index contributed by atoms with van der Waals surface area (Å²) < 4.78 is 0. The fourth-order valence-electron chi connectivity index (χ4n) is 1.65. The zero-order valence-corrected chi connectivity index (χ0v) is 9.96. The smallest absolute Gasteiger partial charge is 0.313 e. The van der Waals surface area contributed by atoms with Crippen molar-refractivity contribution in [2.45, 2.75) is 25.7 Å². The predicted octanol–water partition coefficient (Wildman–Crippen LogP) is 1.50. The molecule has 0 aliphatic carbocycles. The second-order valence-corrected chi connectivity index (χ2v) is 5.10. The molecule has 16 heavy (non-hydrogen) atoms. The van der Waals surface area contributed by atoms with E-state index in [0.29, 0.717) is 5.82 Å². The van der Waals surface area contributed by atoms with E-state index >= 15 is 0 Å². The number of fused-ring (bicyclic) bond motifs is 1. The van der Waals surface area contributed by atoms with Gasteiger partial charge < -0.3 is 5.11 Å². The molecule has 2 heterocycles. The van der Waals surface area contributed by atoms with Gasteiger partial charge in [0.25, 0.3) is 0 Å². The first-order valence-electron chi connectivity index (χ1n) is 5.33. The lowest BCUT2D eigenvalue weighted by atomic mass is 10.1. The minimum Gasteiger partial charge on any atom is -0.481 e. The molecule has 0 saturated heterocycles. The minimum atomic E-state index is -0.872. The normalized spacial score (nSPS) is 17.3. The van der Waals surface area contributed by atoms with Crippen LogP contribution >= 0.6 is 11.8 Å². The van der Waals surface area contributed by atoms with E-state index in [0.717, 1.165) is 30.0 Å². The standard InChI is InChI=1S/C11H14N2O2S/c1-7(11(14)15)10-12-6-8-2-4-16-5-3-9(8)13-10/h6-7H,2-5H2,1H3,(H,14,15). The molecule has 1 aromatic rings. The molecule has 1 unspecified atom stereocenters. The monoisotopic (exact) mass is 238 g/mol. The van der Waals surface area contributed by atoms with Gasteiger partial charge >= 0.3 is 5.97 Å². The molecule has 1 aromatic heterocycles. The summed E-state index contributed by atoms with van der Waals surface area (Å²) in [5.74, 6) is 1.09. The van der Waals surface area contributed by atoms with Gasteiger partial charge in [-0.25, -0.2) is 9.97 Å². The topological polar surface area (TPSA) is 63.1 Å². The van der Waals surface area contributed by atoms with Crippen LogP contribution in [0.5, 0.6) is 0 Å². The first-order valence-corrected chi connectivity index (χ1v) is 6.49. The van der Waals surface area contributed by atoms with Gasteiger partial charge in [-0.3, -0.25) is 4.79 Å². The molecule has 0 spiro atoms. The summed E-state index contributed by atoms with van der Waals surface area (Å²) in [7, 11) is 0. The number of hydrogen-bond acceptors (Lipinski definition) is 4. The van der Waals surface area contributed by atoms with E-state index in [1.54, 1.807) is 13.1 Å². The highest BCUT2D eigenvalue weighted by Crippen LogP contribution is 2.19. The van der Waals surface area contributed by atoms with Crippen LogP contribution in [-0.2, 0) is 17.6 Å². The van der Waals surface area contributed by atoms with Crippen LogP contribution in [0.4, 0.5) is 0 Å². The molecular weight excluding hydrogens is 224 g/mol. The average molecular weight is 238 g/mol. The Kier molecular flexibility index (Phi) is 3.43. The number of nitrogens with zero attached hydrogens (tertiary/aromatic N) is 2. The fourth-order valence-corrected chi connectivity index (χ4v) is 2.56. The quantitative estimate of drug-likeness (QED) is 0.846. The highest BCUT2D eigenvalue weighted by Gasteiger charge is 2.19. The van der Waals surface area contributed by atoms with Crippen molar-refractivity contribution in [2.24, 2.45) is 0 Å². The zero-order chi connectivity index (χ0) is 11.5. The van der Waals surface area contributed by atoms with Crippen molar-refractivity contribution < 1.29 is 9.90 Å². The van der Waals surface area contributed by atoms with E-state index in [-0.39, 0.29) is 0 Å². The van der Waals surface area contributed by atoms with Gasteiger partial charge in [-0.1, -0.05) is 0 Å². The van der Waals surface area contributed by atoms with E-state index in [1.165, 1.54) is 5.56 Å². The molecule has 0 saturated carbocycles. The van der Waals surface area contributed by atoms with Crippen LogP contribution < -0.4 is 0 Å². The van der Waals surface area contributed by atoms with E-state index < -0.39 is 11.9 Å². The van der Waals surface area contributed by atoms with Gasteiger partial charge in [0.2, 0.25) is 0 Å². The van der Waals surface area contributed by atoms with Crippen molar-refractivity contribution in [3.05, 3.63) is 23.3 Å². The third kappa shape index (κ3) is 2.35.